The highest BCUT2D eigenvalue weighted by Gasteiger charge is 2.58. The number of aromatic nitrogens is 6. The number of benzene rings is 3. The predicted molar refractivity (Wildman–Crippen MR) is 170 cm³/mol. The Morgan fingerprint density at radius 3 is 2.31 bits per heavy atom. The van der Waals surface area contributed by atoms with Crippen molar-refractivity contribution in [3.05, 3.63) is 114 Å². The van der Waals surface area contributed by atoms with E-state index in [0.717, 1.165) is 82.0 Å². The van der Waals surface area contributed by atoms with E-state index in [-0.39, 0.29) is 0 Å². The van der Waals surface area contributed by atoms with Gasteiger partial charge in [-0.3, -0.25) is 4.98 Å². The van der Waals surface area contributed by atoms with Crippen LogP contribution in [0.15, 0.2) is 85.3 Å². The summed E-state index contributed by atoms with van der Waals surface area (Å²) in [6.07, 6.45) is 2.25. The van der Waals surface area contributed by atoms with E-state index in [9.17, 15) is 19.1 Å². The fourth-order valence-corrected chi connectivity index (χ4v) is 6.82. The lowest BCUT2D eigenvalue weighted by molar-refractivity contribution is -0.207. The van der Waals surface area contributed by atoms with Crippen molar-refractivity contribution in [2.45, 2.75) is 18.1 Å². The van der Waals surface area contributed by atoms with Crippen molar-refractivity contribution in [2.24, 2.45) is 0 Å². The summed E-state index contributed by atoms with van der Waals surface area (Å²) in [5.74, 6) is -6.48. The summed E-state index contributed by atoms with van der Waals surface area (Å²) in [4.78, 5) is 13.2. The highest BCUT2D eigenvalue weighted by atomic mass is 32.1. The molecule has 7 rings (SSSR count). The Labute approximate surface area is 275 Å². The molecule has 6 aromatic rings. The Balaban J connectivity index is 1.06. The van der Waals surface area contributed by atoms with Gasteiger partial charge in [0.1, 0.15) is 23.7 Å². The van der Waals surface area contributed by atoms with Gasteiger partial charge in [0.15, 0.2) is 10.7 Å². The van der Waals surface area contributed by atoms with Gasteiger partial charge < -0.3 is 14.9 Å². The lowest BCUT2D eigenvalue weighted by Gasteiger charge is -2.36. The molecule has 1 saturated heterocycles. The molecular weight excluding hydrogens is 646 g/mol. The second-order valence-electron chi connectivity index (χ2n) is 11.3. The van der Waals surface area contributed by atoms with E-state index in [1.54, 1.807) is 17.4 Å². The van der Waals surface area contributed by atoms with Crippen molar-refractivity contribution in [2.75, 3.05) is 36.0 Å². The first-order valence-electron chi connectivity index (χ1n) is 14.8. The molecule has 1 fully saturated rings. The summed E-state index contributed by atoms with van der Waals surface area (Å²) in [6.45, 7) is 2.15. The number of rotatable bonds is 8. The Bertz CT molecular complexity index is 2110. The normalized spacial score (nSPS) is 15.0. The number of fused-ring (bicyclic) bond motifs is 1. The number of alkyl halides is 2. The van der Waals surface area contributed by atoms with Crippen LogP contribution in [0.5, 0.6) is 0 Å². The van der Waals surface area contributed by atoms with Crippen LogP contribution in [0, 0.1) is 23.0 Å². The molecule has 0 spiro atoms. The van der Waals surface area contributed by atoms with E-state index in [1.165, 1.54) is 12.3 Å². The van der Waals surface area contributed by atoms with Crippen molar-refractivity contribution in [1.29, 1.82) is 5.26 Å². The second kappa shape index (κ2) is 12.3. The molecule has 0 bridgehead atoms. The van der Waals surface area contributed by atoms with Crippen LogP contribution in [0.3, 0.4) is 0 Å². The maximum absolute atomic E-state index is 16.1. The predicted octanol–water partition coefficient (Wildman–Crippen LogP) is 5.50. The first-order chi connectivity index (χ1) is 23.1. The van der Waals surface area contributed by atoms with Crippen molar-refractivity contribution >= 4 is 32.4 Å². The van der Waals surface area contributed by atoms with Crippen LogP contribution in [0.25, 0.3) is 21.3 Å². The highest BCUT2D eigenvalue weighted by molar-refractivity contribution is 7.22. The Morgan fingerprint density at radius 2 is 1.65 bits per heavy atom. The maximum Gasteiger partial charge on any atom is 0.323 e. The molecule has 10 nitrogen and oxygen atoms in total. The number of thiazole rings is 1. The van der Waals surface area contributed by atoms with Gasteiger partial charge in [-0.05, 0) is 64.5 Å². The average molecular weight is 672 g/mol. The fourth-order valence-electron chi connectivity index (χ4n) is 5.77. The average Bonchev–Trinajstić information content (AvgIpc) is 3.78. The van der Waals surface area contributed by atoms with E-state index >= 15 is 8.78 Å². The second-order valence-corrected chi connectivity index (χ2v) is 12.3. The van der Waals surface area contributed by atoms with E-state index in [0.29, 0.717) is 17.2 Å². The van der Waals surface area contributed by atoms with E-state index in [1.807, 2.05) is 36.4 Å². The first-order valence-corrected chi connectivity index (χ1v) is 15.6. The highest BCUT2D eigenvalue weighted by Crippen LogP contribution is 2.47. The van der Waals surface area contributed by atoms with E-state index in [2.05, 4.69) is 36.4 Å². The maximum atomic E-state index is 16.1. The number of anilines is 2. The van der Waals surface area contributed by atoms with Crippen molar-refractivity contribution in [1.82, 2.24) is 30.2 Å². The molecule has 0 unspecified atom stereocenters. The van der Waals surface area contributed by atoms with E-state index in [4.69, 9.17) is 4.98 Å². The third-order valence-corrected chi connectivity index (χ3v) is 9.46. The van der Waals surface area contributed by atoms with Crippen LogP contribution in [-0.2, 0) is 18.1 Å². The molecule has 4 heterocycles. The molecule has 3 aromatic carbocycles. The molecule has 15 heteroatoms. The minimum atomic E-state index is -4.15. The molecule has 1 aliphatic heterocycles. The van der Waals surface area contributed by atoms with Gasteiger partial charge in [0, 0.05) is 55.3 Å². The van der Waals surface area contributed by atoms with Crippen molar-refractivity contribution in [3.8, 4) is 17.2 Å². The van der Waals surface area contributed by atoms with Gasteiger partial charge >= 0.3 is 5.92 Å². The minimum Gasteiger partial charge on any atom is -0.377 e. The summed E-state index contributed by atoms with van der Waals surface area (Å²) in [5.41, 5.74) is -1.09. The van der Waals surface area contributed by atoms with Crippen LogP contribution in [0.4, 0.5) is 28.4 Å². The third kappa shape index (κ3) is 5.69. The molecular formula is C33H25F4N9OS. The Hall–Kier alpha value is -5.46. The molecule has 0 saturated carbocycles. The monoisotopic (exact) mass is 671 g/mol. The lowest BCUT2D eigenvalue weighted by Crippen LogP contribution is -2.48. The summed E-state index contributed by atoms with van der Waals surface area (Å²) in [6, 6.07) is 19.8. The van der Waals surface area contributed by atoms with Gasteiger partial charge in [0.25, 0.3) is 0 Å². The molecule has 0 aliphatic carbocycles. The number of pyridine rings is 1. The van der Waals surface area contributed by atoms with Gasteiger partial charge in [-0.1, -0.05) is 29.5 Å². The van der Waals surface area contributed by atoms with Crippen LogP contribution in [0.2, 0.25) is 0 Å². The standard InChI is InChI=1S/C33H25F4N9OS/c34-24-5-8-26(27(35)16-24)32(47,19-46-20-40-42-43-46)33(36,37)30-10-4-23(18-39-30)22-2-6-25(7-3-22)44-11-13-45(14-12-44)31-41-28-9-1-21(17-38)15-29(28)48-31/h1-10,15-16,18,20,47H,11-14,19H2/t32-/m0/s1. The molecule has 3 aromatic heterocycles. The molecule has 1 N–H and O–H groups in total. The SMILES string of the molecule is N#Cc1ccc2nc(N3CCN(c4ccc(-c5ccc(C(F)(F)[C@](O)(Cn6cnnn6)c6ccc(F)cc6F)nc5)cc4)CC3)sc2c1. The summed E-state index contributed by atoms with van der Waals surface area (Å²) < 4.78 is 62.4. The Morgan fingerprint density at radius 1 is 0.896 bits per heavy atom. The molecule has 1 atom stereocenters. The minimum absolute atomic E-state index is 0.422. The summed E-state index contributed by atoms with van der Waals surface area (Å²) >= 11 is 1.57. The topological polar surface area (TPSA) is 120 Å². The number of nitrogens with zero attached hydrogens (tertiary/aromatic N) is 9. The quantitative estimate of drug-likeness (QED) is 0.209. The molecule has 0 amide bonds. The largest absolute Gasteiger partial charge is 0.377 e. The number of halogens is 4. The molecule has 0 radical (unpaired) electrons. The summed E-state index contributed by atoms with van der Waals surface area (Å²) in [7, 11) is 0. The number of piperazine rings is 1. The zero-order valence-corrected chi connectivity index (χ0v) is 25.8. The molecule has 1 aliphatic rings. The number of nitriles is 1. The fraction of sp³-hybridized carbons (Fsp3) is 0.212. The van der Waals surface area contributed by atoms with Crippen LogP contribution in [0.1, 0.15) is 16.8 Å². The van der Waals surface area contributed by atoms with Crippen LogP contribution < -0.4 is 9.80 Å². The molecule has 242 valence electrons. The molecule has 48 heavy (non-hydrogen) atoms. The zero-order chi connectivity index (χ0) is 33.5. The lowest BCUT2D eigenvalue weighted by atomic mass is 9.84. The van der Waals surface area contributed by atoms with Gasteiger partial charge in [-0.25, -0.2) is 18.4 Å². The Kier molecular flexibility index (Phi) is 7.98. The number of hydrogen-bond acceptors (Lipinski definition) is 10. The number of aliphatic hydroxyl groups is 1. The van der Waals surface area contributed by atoms with Gasteiger partial charge in [-0.15, -0.1) is 5.10 Å². The van der Waals surface area contributed by atoms with Crippen molar-refractivity contribution in [3.63, 3.8) is 0 Å². The van der Waals surface area contributed by atoms with Crippen LogP contribution in [-0.4, -0.2) is 61.5 Å². The number of hydrogen-bond donors (Lipinski definition) is 1. The smallest absolute Gasteiger partial charge is 0.323 e. The van der Waals surface area contributed by atoms with Gasteiger partial charge in [0.2, 0.25) is 0 Å². The number of tetrazole rings is 1. The first kappa shape index (κ1) is 31.2. The van der Waals surface area contributed by atoms with Crippen LogP contribution >= 0.6 is 11.3 Å². The van der Waals surface area contributed by atoms with Crippen molar-refractivity contribution < 1.29 is 22.7 Å². The van der Waals surface area contributed by atoms with E-state index < -0.39 is 41.0 Å². The zero-order valence-electron chi connectivity index (χ0n) is 25.0. The summed E-state index contributed by atoms with van der Waals surface area (Å²) in [5, 5.41) is 31.8. The third-order valence-electron chi connectivity index (χ3n) is 8.39. The van der Waals surface area contributed by atoms with Gasteiger partial charge in [0.05, 0.1) is 28.4 Å². The van der Waals surface area contributed by atoms with Gasteiger partial charge in [-0.2, -0.15) is 14.0 Å².